The number of carbonyl (C=O) groups is 1. The molecule has 21 heavy (non-hydrogen) atoms. The monoisotopic (exact) mass is 284 g/mol. The van der Waals surface area contributed by atoms with Gasteiger partial charge in [0, 0.05) is 0 Å². The van der Waals surface area contributed by atoms with Crippen molar-refractivity contribution in [2.75, 3.05) is 0 Å². The fourth-order valence-electron chi connectivity index (χ4n) is 2.12. The van der Waals surface area contributed by atoms with Gasteiger partial charge < -0.3 is 5.11 Å². The highest BCUT2D eigenvalue weighted by Crippen LogP contribution is 2.16. The molecule has 0 spiro atoms. The van der Waals surface area contributed by atoms with Crippen LogP contribution in [0.4, 0.5) is 4.39 Å². The quantitative estimate of drug-likeness (QED) is 0.783. The maximum Gasteiger partial charge on any atom is 0.360 e. The Hall–Kier alpha value is -3.02. The van der Waals surface area contributed by atoms with Gasteiger partial charge in [0.25, 0.3) is 0 Å². The first-order valence-electron chi connectivity index (χ1n) is 6.09. The number of fused-ring (bicyclic) bond motifs is 1. The third-order valence-corrected chi connectivity index (χ3v) is 3.05. The van der Waals surface area contributed by atoms with Crippen molar-refractivity contribution < 1.29 is 14.3 Å². The summed E-state index contributed by atoms with van der Waals surface area (Å²) in [4.78, 5) is 23.3. The number of aromatic carboxylic acids is 1. The molecule has 5 nitrogen and oxygen atoms in total. The fraction of sp³-hybridized carbons (Fsp3) is 0. The predicted molar refractivity (Wildman–Crippen MR) is 74.3 cm³/mol. The lowest BCUT2D eigenvalue weighted by molar-refractivity contribution is 0.0687. The normalized spacial score (nSPS) is 10.7. The number of hydrogen-bond acceptors (Lipinski definition) is 3. The van der Waals surface area contributed by atoms with Gasteiger partial charge in [-0.1, -0.05) is 18.2 Å². The third-order valence-electron chi connectivity index (χ3n) is 3.05. The Balaban J connectivity index is 2.44. The highest BCUT2D eigenvalue weighted by atomic mass is 19.1. The Morgan fingerprint density at radius 2 is 1.90 bits per heavy atom. The second-order valence-corrected chi connectivity index (χ2v) is 4.39. The summed E-state index contributed by atoms with van der Waals surface area (Å²) < 4.78 is 14.6. The van der Waals surface area contributed by atoms with Crippen molar-refractivity contribution >= 4 is 16.9 Å². The molecule has 0 aliphatic heterocycles. The van der Waals surface area contributed by atoms with Crippen LogP contribution in [0.25, 0.3) is 16.6 Å². The van der Waals surface area contributed by atoms with Crippen LogP contribution in [0.3, 0.4) is 0 Å². The van der Waals surface area contributed by atoms with Gasteiger partial charge in [0.1, 0.15) is 5.82 Å². The maximum absolute atomic E-state index is 13.4. The number of carboxylic acids is 1. The van der Waals surface area contributed by atoms with Crippen LogP contribution in [0.5, 0.6) is 0 Å². The summed E-state index contributed by atoms with van der Waals surface area (Å²) in [5.74, 6) is -1.90. The van der Waals surface area contributed by atoms with E-state index in [0.29, 0.717) is 11.2 Å². The molecule has 1 N–H and O–H groups in total. The van der Waals surface area contributed by atoms with Gasteiger partial charge in [-0.05, 0) is 30.3 Å². The summed E-state index contributed by atoms with van der Waals surface area (Å²) in [6.07, 6.45) is 0. The van der Waals surface area contributed by atoms with E-state index in [4.69, 9.17) is 5.11 Å². The molecule has 3 aromatic rings. The van der Waals surface area contributed by atoms with Crippen LogP contribution in [0.2, 0.25) is 0 Å². The molecule has 0 aliphatic carbocycles. The first kappa shape index (κ1) is 13.0. The molecule has 104 valence electrons. The number of carboxylic acid groups (broad SMARTS) is 1. The van der Waals surface area contributed by atoms with Crippen LogP contribution in [-0.2, 0) is 0 Å². The molecular weight excluding hydrogens is 275 g/mol. The largest absolute Gasteiger partial charge is 0.476 e. The van der Waals surface area contributed by atoms with Crippen molar-refractivity contribution in [1.29, 1.82) is 0 Å². The van der Waals surface area contributed by atoms with Crippen molar-refractivity contribution in [2.24, 2.45) is 0 Å². The van der Waals surface area contributed by atoms with E-state index in [1.807, 2.05) is 0 Å². The molecule has 1 heterocycles. The van der Waals surface area contributed by atoms with E-state index in [0.717, 1.165) is 0 Å². The van der Waals surface area contributed by atoms with Crippen molar-refractivity contribution in [3.05, 3.63) is 70.3 Å². The van der Waals surface area contributed by atoms with Crippen LogP contribution < -0.4 is 5.43 Å². The lowest BCUT2D eigenvalue weighted by atomic mass is 10.2. The molecule has 2 aromatic carbocycles. The van der Waals surface area contributed by atoms with Crippen LogP contribution in [-0.4, -0.2) is 20.9 Å². The molecule has 3 rings (SSSR count). The second-order valence-electron chi connectivity index (χ2n) is 4.39. The number of nitrogens with zero attached hydrogens (tertiary/aromatic N) is 2. The van der Waals surface area contributed by atoms with E-state index in [1.54, 1.807) is 24.3 Å². The van der Waals surface area contributed by atoms with Crippen LogP contribution in [0, 0.1) is 5.82 Å². The molecule has 0 fully saturated rings. The zero-order valence-electron chi connectivity index (χ0n) is 10.7. The standard InChI is InChI=1S/C15H9FN2O3/c16-9-4-3-5-10(8-9)18-12-7-2-1-6-11(12)14(19)13(17-18)15(20)21/h1-8H,(H,20,21). The van der Waals surface area contributed by atoms with Crippen LogP contribution >= 0.6 is 0 Å². The first-order chi connectivity index (χ1) is 10.1. The highest BCUT2D eigenvalue weighted by molar-refractivity contribution is 5.90. The number of aromatic nitrogens is 2. The topological polar surface area (TPSA) is 72.2 Å². The lowest BCUT2D eigenvalue weighted by Gasteiger charge is -2.10. The molecule has 0 bridgehead atoms. The summed E-state index contributed by atoms with van der Waals surface area (Å²) in [5.41, 5.74) is -0.504. The number of benzene rings is 2. The number of para-hydroxylation sites is 1. The SMILES string of the molecule is O=C(O)c1nn(-c2cccc(F)c2)c2ccccc2c1=O. The minimum absolute atomic E-state index is 0.217. The number of halogens is 1. The van der Waals surface area contributed by atoms with Gasteiger partial charge in [-0.25, -0.2) is 13.9 Å². The Labute approximate surface area is 117 Å². The molecule has 0 aliphatic rings. The summed E-state index contributed by atoms with van der Waals surface area (Å²) in [5, 5.41) is 13.2. The number of rotatable bonds is 2. The fourth-order valence-corrected chi connectivity index (χ4v) is 2.12. The van der Waals surface area contributed by atoms with Gasteiger partial charge in [-0.3, -0.25) is 4.79 Å². The van der Waals surface area contributed by atoms with Gasteiger partial charge in [0.2, 0.25) is 11.1 Å². The van der Waals surface area contributed by atoms with Crippen molar-refractivity contribution in [3.8, 4) is 5.69 Å². The second kappa shape index (κ2) is 4.82. The summed E-state index contributed by atoms with van der Waals surface area (Å²) in [6, 6.07) is 12.0. The van der Waals surface area contributed by atoms with Crippen molar-refractivity contribution in [1.82, 2.24) is 9.78 Å². The Kier molecular flexibility index (Phi) is 2.98. The van der Waals surface area contributed by atoms with Gasteiger partial charge in [0.05, 0.1) is 16.6 Å². The van der Waals surface area contributed by atoms with Crippen molar-refractivity contribution in [2.45, 2.75) is 0 Å². The Morgan fingerprint density at radius 1 is 1.14 bits per heavy atom. The van der Waals surface area contributed by atoms with E-state index in [2.05, 4.69) is 5.10 Å². The van der Waals surface area contributed by atoms with E-state index < -0.39 is 22.9 Å². The molecule has 1 aromatic heterocycles. The molecule has 0 saturated carbocycles. The Bertz CT molecular complexity index is 918. The van der Waals surface area contributed by atoms with Gasteiger partial charge in [0.15, 0.2) is 0 Å². The summed E-state index contributed by atoms with van der Waals surface area (Å²) in [7, 11) is 0. The van der Waals surface area contributed by atoms with Crippen LogP contribution in [0.1, 0.15) is 10.5 Å². The predicted octanol–water partition coefficient (Wildman–Crippen LogP) is 2.22. The van der Waals surface area contributed by atoms with E-state index in [9.17, 15) is 14.0 Å². The average Bonchev–Trinajstić information content (AvgIpc) is 2.47. The minimum atomic E-state index is -1.42. The summed E-state index contributed by atoms with van der Waals surface area (Å²) in [6.45, 7) is 0. The van der Waals surface area contributed by atoms with Crippen molar-refractivity contribution in [3.63, 3.8) is 0 Å². The third kappa shape index (κ3) is 2.16. The average molecular weight is 284 g/mol. The molecule has 0 saturated heterocycles. The lowest BCUT2D eigenvalue weighted by Crippen LogP contribution is -2.22. The number of hydrogen-bond donors (Lipinski definition) is 1. The molecule has 0 amide bonds. The zero-order valence-corrected chi connectivity index (χ0v) is 10.7. The highest BCUT2D eigenvalue weighted by Gasteiger charge is 2.17. The van der Waals surface area contributed by atoms with E-state index in [1.165, 1.54) is 28.9 Å². The molecular formula is C15H9FN2O3. The Morgan fingerprint density at radius 3 is 2.62 bits per heavy atom. The van der Waals surface area contributed by atoms with Gasteiger partial charge >= 0.3 is 5.97 Å². The first-order valence-corrected chi connectivity index (χ1v) is 6.09. The molecule has 0 atom stereocenters. The zero-order chi connectivity index (χ0) is 15.0. The molecule has 6 heteroatoms. The summed E-state index contributed by atoms with van der Waals surface area (Å²) >= 11 is 0. The van der Waals surface area contributed by atoms with E-state index in [-0.39, 0.29) is 5.39 Å². The maximum atomic E-state index is 13.4. The minimum Gasteiger partial charge on any atom is -0.476 e. The van der Waals surface area contributed by atoms with Crippen LogP contribution in [0.15, 0.2) is 53.3 Å². The van der Waals surface area contributed by atoms with Gasteiger partial charge in [-0.15, -0.1) is 0 Å². The smallest absolute Gasteiger partial charge is 0.360 e. The molecule has 0 unspecified atom stereocenters. The van der Waals surface area contributed by atoms with E-state index >= 15 is 0 Å². The molecule has 0 radical (unpaired) electrons. The van der Waals surface area contributed by atoms with Gasteiger partial charge in [-0.2, -0.15) is 5.10 Å².